The topological polar surface area (TPSA) is 83.7 Å². The number of aromatic nitrogens is 1. The Morgan fingerprint density at radius 1 is 1.35 bits per heavy atom. The number of rotatable bonds is 2. The van der Waals surface area contributed by atoms with Gasteiger partial charge >= 0.3 is 5.97 Å². The molecule has 1 aromatic heterocycles. The summed E-state index contributed by atoms with van der Waals surface area (Å²) in [5.41, 5.74) is 4.50. The van der Waals surface area contributed by atoms with Gasteiger partial charge in [0, 0.05) is 5.56 Å². The summed E-state index contributed by atoms with van der Waals surface area (Å²) in [5.74, 6) is -2.73. The third kappa shape index (κ3) is 2.31. The highest BCUT2D eigenvalue weighted by Crippen LogP contribution is 2.44. The first-order valence-electron chi connectivity index (χ1n) is 6.27. The minimum absolute atomic E-state index is 0.0334. The van der Waals surface area contributed by atoms with Crippen LogP contribution in [0.5, 0.6) is 11.5 Å². The fraction of sp³-hybridized carbons (Fsp3) is 0.143. The quantitative estimate of drug-likeness (QED) is 0.845. The standard InChI is InChI=1S/C14H9ClF2N2O4/c1-21-14(20)11-7(15)9(18)8(17)10(19-11)5-2-3-6(16)13-12(5)22-4-23-13/h2-3H,4H2,1H3,(H2,18,19). The zero-order chi connectivity index (χ0) is 16.7. The second-order valence-electron chi connectivity index (χ2n) is 4.50. The SMILES string of the molecule is COC(=O)c1nc(-c2ccc(F)c3c2OCO3)c(F)c(N)c1Cl. The lowest BCUT2D eigenvalue weighted by atomic mass is 10.1. The Morgan fingerprint density at radius 2 is 2.04 bits per heavy atom. The average Bonchev–Trinajstić information content (AvgIpc) is 3.04. The molecule has 0 amide bonds. The lowest BCUT2D eigenvalue weighted by Crippen LogP contribution is -2.10. The normalized spacial score (nSPS) is 12.3. The molecule has 1 aromatic carbocycles. The Kier molecular flexibility index (Phi) is 3.69. The molecule has 2 heterocycles. The molecule has 0 fully saturated rings. The van der Waals surface area contributed by atoms with Crippen molar-refractivity contribution in [3.8, 4) is 22.8 Å². The van der Waals surface area contributed by atoms with Gasteiger partial charge in [-0.25, -0.2) is 18.6 Å². The maximum atomic E-state index is 14.5. The zero-order valence-corrected chi connectivity index (χ0v) is 12.4. The highest BCUT2D eigenvalue weighted by atomic mass is 35.5. The predicted molar refractivity (Wildman–Crippen MR) is 76.5 cm³/mol. The second kappa shape index (κ2) is 5.54. The van der Waals surface area contributed by atoms with Gasteiger partial charge in [-0.2, -0.15) is 0 Å². The Labute approximate surface area is 133 Å². The molecule has 0 saturated heterocycles. The number of nitrogens with zero attached hydrogens (tertiary/aromatic N) is 1. The van der Waals surface area contributed by atoms with Crippen molar-refractivity contribution in [3.05, 3.63) is 34.5 Å². The van der Waals surface area contributed by atoms with Gasteiger partial charge in [-0.3, -0.25) is 0 Å². The first kappa shape index (κ1) is 15.3. The van der Waals surface area contributed by atoms with Gasteiger partial charge in [0.05, 0.1) is 17.8 Å². The van der Waals surface area contributed by atoms with Gasteiger partial charge in [0.2, 0.25) is 12.5 Å². The van der Waals surface area contributed by atoms with Crippen LogP contribution in [-0.2, 0) is 4.74 Å². The van der Waals surface area contributed by atoms with Crippen molar-refractivity contribution in [2.75, 3.05) is 19.6 Å². The van der Waals surface area contributed by atoms with Crippen LogP contribution in [0.1, 0.15) is 10.5 Å². The van der Waals surface area contributed by atoms with Crippen LogP contribution in [0.2, 0.25) is 5.02 Å². The number of fused-ring (bicyclic) bond motifs is 1. The van der Waals surface area contributed by atoms with Crippen LogP contribution in [0, 0.1) is 11.6 Å². The maximum Gasteiger partial charge on any atom is 0.358 e. The fourth-order valence-corrected chi connectivity index (χ4v) is 2.32. The van der Waals surface area contributed by atoms with Crippen molar-refractivity contribution >= 4 is 23.3 Å². The molecule has 0 atom stereocenters. The molecule has 6 nitrogen and oxygen atoms in total. The number of hydrogen-bond donors (Lipinski definition) is 1. The summed E-state index contributed by atoms with van der Waals surface area (Å²) < 4.78 is 42.8. The van der Waals surface area contributed by atoms with E-state index in [4.69, 9.17) is 26.8 Å². The maximum absolute atomic E-state index is 14.5. The predicted octanol–water partition coefficient (Wildman–Crippen LogP) is 2.78. The number of pyridine rings is 1. The van der Waals surface area contributed by atoms with E-state index < -0.39 is 23.3 Å². The number of ether oxygens (including phenoxy) is 3. The minimum atomic E-state index is -0.966. The smallest absolute Gasteiger partial charge is 0.358 e. The van der Waals surface area contributed by atoms with E-state index in [9.17, 15) is 13.6 Å². The number of anilines is 1. The molecule has 0 unspecified atom stereocenters. The molecule has 3 rings (SSSR count). The molecule has 9 heteroatoms. The Hall–Kier alpha value is -2.61. The third-order valence-corrected chi connectivity index (χ3v) is 3.60. The van der Waals surface area contributed by atoms with Gasteiger partial charge in [0.15, 0.2) is 23.1 Å². The number of nitrogens with two attached hydrogens (primary N) is 1. The second-order valence-corrected chi connectivity index (χ2v) is 4.88. The number of halogens is 3. The zero-order valence-electron chi connectivity index (χ0n) is 11.7. The summed E-state index contributed by atoms with van der Waals surface area (Å²) in [6.07, 6.45) is 0. The molecule has 0 spiro atoms. The van der Waals surface area contributed by atoms with Crippen LogP contribution in [-0.4, -0.2) is 24.9 Å². The minimum Gasteiger partial charge on any atom is -0.464 e. The molecule has 2 N–H and O–H groups in total. The van der Waals surface area contributed by atoms with Crippen molar-refractivity contribution in [3.63, 3.8) is 0 Å². The van der Waals surface area contributed by atoms with E-state index in [0.717, 1.165) is 13.2 Å². The summed E-state index contributed by atoms with van der Waals surface area (Å²) in [4.78, 5) is 15.6. The Morgan fingerprint density at radius 3 is 2.74 bits per heavy atom. The number of carbonyl (C=O) groups is 1. The van der Waals surface area contributed by atoms with Gasteiger partial charge in [0.25, 0.3) is 0 Å². The first-order valence-corrected chi connectivity index (χ1v) is 6.64. The van der Waals surface area contributed by atoms with Crippen molar-refractivity contribution in [2.24, 2.45) is 0 Å². The highest BCUT2D eigenvalue weighted by molar-refractivity contribution is 6.35. The molecular weight excluding hydrogens is 334 g/mol. The molecule has 0 bridgehead atoms. The van der Waals surface area contributed by atoms with Gasteiger partial charge in [-0.05, 0) is 12.1 Å². The van der Waals surface area contributed by atoms with Crippen LogP contribution in [0.25, 0.3) is 11.3 Å². The molecule has 0 aliphatic carbocycles. The summed E-state index contributed by atoms with van der Waals surface area (Å²) in [7, 11) is 1.12. The number of esters is 1. The van der Waals surface area contributed by atoms with E-state index in [1.54, 1.807) is 0 Å². The van der Waals surface area contributed by atoms with E-state index in [1.807, 2.05) is 0 Å². The highest BCUT2D eigenvalue weighted by Gasteiger charge is 2.28. The molecule has 23 heavy (non-hydrogen) atoms. The van der Waals surface area contributed by atoms with Crippen molar-refractivity contribution in [1.29, 1.82) is 0 Å². The molecule has 1 aliphatic heterocycles. The van der Waals surface area contributed by atoms with E-state index in [1.165, 1.54) is 6.07 Å². The van der Waals surface area contributed by atoms with E-state index in [0.29, 0.717) is 0 Å². The summed E-state index contributed by atoms with van der Waals surface area (Å²) in [6.45, 7) is -0.224. The van der Waals surface area contributed by atoms with Crippen molar-refractivity contribution in [2.45, 2.75) is 0 Å². The molecule has 2 aromatic rings. The third-order valence-electron chi connectivity index (χ3n) is 3.22. The van der Waals surface area contributed by atoms with Crippen molar-refractivity contribution in [1.82, 2.24) is 4.98 Å². The summed E-state index contributed by atoms with van der Waals surface area (Å²) in [5, 5.41) is -0.367. The number of hydrogen-bond acceptors (Lipinski definition) is 6. The number of carbonyl (C=O) groups excluding carboxylic acids is 1. The summed E-state index contributed by atoms with van der Waals surface area (Å²) in [6, 6.07) is 2.30. The van der Waals surface area contributed by atoms with Crippen LogP contribution >= 0.6 is 11.6 Å². The lowest BCUT2D eigenvalue weighted by molar-refractivity contribution is 0.0594. The number of methoxy groups -OCH3 is 1. The van der Waals surface area contributed by atoms with Gasteiger partial charge < -0.3 is 19.9 Å². The largest absolute Gasteiger partial charge is 0.464 e. The van der Waals surface area contributed by atoms with Gasteiger partial charge in [0.1, 0.15) is 5.69 Å². The van der Waals surface area contributed by atoms with Crippen molar-refractivity contribution < 1.29 is 27.8 Å². The molecular formula is C14H9ClF2N2O4. The van der Waals surface area contributed by atoms with Crippen LogP contribution in [0.4, 0.5) is 14.5 Å². The summed E-state index contributed by atoms with van der Waals surface area (Å²) >= 11 is 5.83. The van der Waals surface area contributed by atoms with Crippen LogP contribution in [0.15, 0.2) is 12.1 Å². The van der Waals surface area contributed by atoms with E-state index in [-0.39, 0.29) is 40.3 Å². The van der Waals surface area contributed by atoms with Gasteiger partial charge in [-0.1, -0.05) is 11.6 Å². The van der Waals surface area contributed by atoms with E-state index in [2.05, 4.69) is 9.72 Å². The Bertz CT molecular complexity index is 829. The lowest BCUT2D eigenvalue weighted by Gasteiger charge is -2.12. The van der Waals surface area contributed by atoms with Gasteiger partial charge in [-0.15, -0.1) is 0 Å². The molecule has 120 valence electrons. The number of benzene rings is 1. The molecule has 0 saturated carbocycles. The molecule has 0 radical (unpaired) electrons. The monoisotopic (exact) mass is 342 g/mol. The Balaban J connectivity index is 2.28. The number of nitrogen functional groups attached to an aromatic ring is 1. The molecule has 1 aliphatic rings. The average molecular weight is 343 g/mol. The fourth-order valence-electron chi connectivity index (χ4n) is 2.12. The van der Waals surface area contributed by atoms with E-state index >= 15 is 0 Å². The van der Waals surface area contributed by atoms with Crippen LogP contribution < -0.4 is 15.2 Å². The van der Waals surface area contributed by atoms with Crippen LogP contribution in [0.3, 0.4) is 0 Å². The first-order chi connectivity index (χ1) is 11.0.